The summed E-state index contributed by atoms with van der Waals surface area (Å²) in [7, 11) is 0. The number of hydrogen-bond donors (Lipinski definition) is 2. The van der Waals surface area contributed by atoms with E-state index in [1.165, 1.54) is 0 Å². The number of thioether (sulfide) groups is 1. The van der Waals surface area contributed by atoms with E-state index in [0.717, 1.165) is 27.3 Å². The molecule has 1 unspecified atom stereocenters. The van der Waals surface area contributed by atoms with Crippen LogP contribution in [0.25, 0.3) is 0 Å². The molecular formula is C29H28N2O3S. The maximum Gasteiger partial charge on any atom is 0.185 e. The summed E-state index contributed by atoms with van der Waals surface area (Å²) < 4.78 is 13.3. The molecule has 5 rings (SSSR count). The lowest BCUT2D eigenvalue weighted by atomic mass is 9.84. The highest BCUT2D eigenvalue weighted by Gasteiger charge is 2.41. The highest BCUT2D eigenvalue weighted by molar-refractivity contribution is 7.99. The third-order valence-electron chi connectivity index (χ3n) is 6.19. The van der Waals surface area contributed by atoms with Crippen LogP contribution >= 0.6 is 11.8 Å². The number of benzene rings is 3. The van der Waals surface area contributed by atoms with Gasteiger partial charge in [-0.2, -0.15) is 0 Å². The summed E-state index contributed by atoms with van der Waals surface area (Å²) in [4.78, 5) is 4.48. The van der Waals surface area contributed by atoms with E-state index in [1.54, 1.807) is 11.8 Å². The summed E-state index contributed by atoms with van der Waals surface area (Å²) in [5.74, 6) is 0.675. The first kappa shape index (κ1) is 23.6. The molecule has 0 amide bonds. The Kier molecular flexibility index (Phi) is 7.45. The molecule has 0 radical (unpaired) electrons. The maximum absolute atomic E-state index is 9.53. The molecule has 6 heteroatoms. The lowest BCUT2D eigenvalue weighted by Crippen LogP contribution is -2.38. The maximum atomic E-state index is 9.53. The minimum absolute atomic E-state index is 0.00624. The summed E-state index contributed by atoms with van der Waals surface area (Å²) in [6, 6.07) is 32.0. The van der Waals surface area contributed by atoms with Gasteiger partial charge in [0.25, 0.3) is 0 Å². The average molecular weight is 485 g/mol. The van der Waals surface area contributed by atoms with Crippen molar-refractivity contribution in [3.63, 3.8) is 0 Å². The van der Waals surface area contributed by atoms with Crippen molar-refractivity contribution in [3.8, 4) is 0 Å². The van der Waals surface area contributed by atoms with Crippen LogP contribution in [-0.4, -0.2) is 21.9 Å². The molecule has 1 aliphatic rings. The SMILES string of the molecule is Nc1cccc(C2O[C@H](CSc3ccccn3)[C@@H](c3ccccc3)[C@H](c3ccc(CO)cc3)O2)c1. The first-order chi connectivity index (χ1) is 17.2. The van der Waals surface area contributed by atoms with Crippen LogP contribution in [0.5, 0.6) is 0 Å². The van der Waals surface area contributed by atoms with E-state index in [2.05, 4.69) is 17.1 Å². The molecule has 3 N–H and O–H groups in total. The normalized spacial score (nSPS) is 22.1. The second kappa shape index (κ2) is 11.1. The molecule has 1 aromatic heterocycles. The van der Waals surface area contributed by atoms with Gasteiger partial charge in [-0.3, -0.25) is 0 Å². The van der Waals surface area contributed by atoms with Gasteiger partial charge in [-0.05, 0) is 41.0 Å². The molecule has 1 aliphatic heterocycles. The van der Waals surface area contributed by atoms with Gasteiger partial charge in [0.15, 0.2) is 6.29 Å². The van der Waals surface area contributed by atoms with Crippen molar-refractivity contribution >= 4 is 17.4 Å². The largest absolute Gasteiger partial charge is 0.399 e. The molecule has 0 spiro atoms. The van der Waals surface area contributed by atoms with Gasteiger partial charge < -0.3 is 20.3 Å². The van der Waals surface area contributed by atoms with Crippen LogP contribution in [0.15, 0.2) is 108 Å². The number of nitrogens with two attached hydrogens (primary N) is 1. The minimum atomic E-state index is -0.560. The zero-order valence-corrected chi connectivity index (χ0v) is 20.1. The van der Waals surface area contributed by atoms with E-state index in [-0.39, 0.29) is 24.7 Å². The van der Waals surface area contributed by atoms with Gasteiger partial charge in [0.05, 0.1) is 23.8 Å². The Balaban J connectivity index is 1.54. The number of nitrogens with zero attached hydrogens (tertiary/aromatic N) is 1. The number of hydrogen-bond acceptors (Lipinski definition) is 6. The quantitative estimate of drug-likeness (QED) is 0.252. The first-order valence-corrected chi connectivity index (χ1v) is 12.6. The zero-order chi connectivity index (χ0) is 24.0. The smallest absolute Gasteiger partial charge is 0.185 e. The van der Waals surface area contributed by atoms with Crippen LogP contribution in [0, 0.1) is 0 Å². The zero-order valence-electron chi connectivity index (χ0n) is 19.2. The van der Waals surface area contributed by atoms with Crippen molar-refractivity contribution in [2.75, 3.05) is 11.5 Å². The molecule has 0 saturated carbocycles. The fraction of sp³-hybridized carbons (Fsp3) is 0.207. The molecule has 2 heterocycles. The Morgan fingerprint density at radius 2 is 1.57 bits per heavy atom. The monoisotopic (exact) mass is 484 g/mol. The molecule has 3 aromatic carbocycles. The number of aliphatic hydroxyl groups excluding tert-OH is 1. The molecule has 4 aromatic rings. The van der Waals surface area contributed by atoms with E-state index >= 15 is 0 Å². The van der Waals surface area contributed by atoms with Gasteiger partial charge >= 0.3 is 0 Å². The second-order valence-corrected chi connectivity index (χ2v) is 9.59. The minimum Gasteiger partial charge on any atom is -0.399 e. The van der Waals surface area contributed by atoms with Crippen LogP contribution in [-0.2, 0) is 16.1 Å². The van der Waals surface area contributed by atoms with E-state index in [0.29, 0.717) is 11.4 Å². The van der Waals surface area contributed by atoms with Crippen molar-refractivity contribution in [2.45, 2.75) is 36.0 Å². The van der Waals surface area contributed by atoms with Crippen LogP contribution < -0.4 is 5.73 Å². The van der Waals surface area contributed by atoms with Crippen LogP contribution in [0.4, 0.5) is 5.69 Å². The molecule has 35 heavy (non-hydrogen) atoms. The summed E-state index contributed by atoms with van der Waals surface area (Å²) in [5, 5.41) is 10.5. The van der Waals surface area contributed by atoms with Crippen molar-refractivity contribution in [1.29, 1.82) is 0 Å². The summed E-state index contributed by atoms with van der Waals surface area (Å²) in [5.41, 5.74) is 10.7. The molecule has 4 atom stereocenters. The van der Waals surface area contributed by atoms with Crippen molar-refractivity contribution < 1.29 is 14.6 Å². The Morgan fingerprint density at radius 1 is 0.800 bits per heavy atom. The summed E-state index contributed by atoms with van der Waals surface area (Å²) in [6.07, 6.45) is 0.852. The van der Waals surface area contributed by atoms with Crippen molar-refractivity contribution in [1.82, 2.24) is 4.98 Å². The van der Waals surface area contributed by atoms with Gasteiger partial charge in [0.1, 0.15) is 0 Å². The lowest BCUT2D eigenvalue weighted by molar-refractivity contribution is -0.255. The molecule has 1 saturated heterocycles. The number of nitrogen functional groups attached to an aromatic ring is 1. The van der Waals surface area contributed by atoms with Gasteiger partial charge in [-0.15, -0.1) is 11.8 Å². The Bertz CT molecular complexity index is 1220. The highest BCUT2D eigenvalue weighted by Crippen LogP contribution is 2.48. The Morgan fingerprint density at radius 3 is 2.29 bits per heavy atom. The second-order valence-electron chi connectivity index (χ2n) is 8.55. The summed E-state index contributed by atoms with van der Waals surface area (Å²) >= 11 is 1.68. The number of pyridine rings is 1. The number of aromatic nitrogens is 1. The molecule has 1 fully saturated rings. The van der Waals surface area contributed by atoms with Gasteiger partial charge in [-0.25, -0.2) is 4.98 Å². The average Bonchev–Trinajstić information content (AvgIpc) is 2.92. The predicted octanol–water partition coefficient (Wildman–Crippen LogP) is 5.89. The molecule has 0 bridgehead atoms. The lowest BCUT2D eigenvalue weighted by Gasteiger charge is -2.43. The van der Waals surface area contributed by atoms with Crippen LogP contribution in [0.1, 0.15) is 40.6 Å². The van der Waals surface area contributed by atoms with Crippen molar-refractivity contribution in [3.05, 3.63) is 126 Å². The number of rotatable bonds is 7. The molecule has 5 nitrogen and oxygen atoms in total. The summed E-state index contributed by atoms with van der Waals surface area (Å²) in [6.45, 7) is 0.00624. The number of anilines is 1. The Labute approximate surface area is 209 Å². The third-order valence-corrected chi connectivity index (χ3v) is 7.22. The van der Waals surface area contributed by atoms with Gasteiger partial charge in [0.2, 0.25) is 0 Å². The van der Waals surface area contributed by atoms with Crippen LogP contribution in [0.3, 0.4) is 0 Å². The van der Waals surface area contributed by atoms with Gasteiger partial charge in [-0.1, -0.05) is 72.8 Å². The molecule has 0 aliphatic carbocycles. The predicted molar refractivity (Wildman–Crippen MR) is 139 cm³/mol. The molecular weight excluding hydrogens is 456 g/mol. The fourth-order valence-corrected chi connectivity index (χ4v) is 5.39. The number of ether oxygens (including phenoxy) is 2. The van der Waals surface area contributed by atoms with E-state index in [9.17, 15) is 5.11 Å². The topological polar surface area (TPSA) is 77.6 Å². The van der Waals surface area contributed by atoms with Crippen LogP contribution in [0.2, 0.25) is 0 Å². The standard InChI is InChI=1S/C29H28N2O3S/c30-24-10-6-9-23(17-24)29-33-25(19-35-26-11-4-5-16-31-26)27(21-7-2-1-3-8-21)28(34-29)22-14-12-20(18-32)13-15-22/h1-17,25,27-29,32H,18-19,30H2/t25-,27-,28+,29?/m1/s1. The van der Waals surface area contributed by atoms with E-state index in [4.69, 9.17) is 15.2 Å². The fourth-order valence-electron chi connectivity index (χ4n) is 4.46. The first-order valence-electron chi connectivity index (χ1n) is 11.7. The third kappa shape index (κ3) is 5.57. The van der Waals surface area contributed by atoms with E-state index in [1.807, 2.05) is 91.1 Å². The van der Waals surface area contributed by atoms with Crippen molar-refractivity contribution in [2.24, 2.45) is 0 Å². The van der Waals surface area contributed by atoms with E-state index < -0.39 is 6.29 Å². The highest BCUT2D eigenvalue weighted by atomic mass is 32.2. The Hall–Kier alpha value is -3.16. The number of aliphatic hydroxyl groups is 1. The van der Waals surface area contributed by atoms with Gasteiger partial charge in [0, 0.05) is 29.1 Å². The molecule has 178 valence electrons.